The average Bonchev–Trinajstić information content (AvgIpc) is 2.44. The third kappa shape index (κ3) is 11.5. The van der Waals surface area contributed by atoms with Gasteiger partial charge in [0.1, 0.15) is 0 Å². The van der Waals surface area contributed by atoms with Crippen molar-refractivity contribution in [3.8, 4) is 0 Å². The number of ether oxygens (including phenoxy) is 1. The summed E-state index contributed by atoms with van der Waals surface area (Å²) in [5, 5.41) is 2.68. The summed E-state index contributed by atoms with van der Waals surface area (Å²) >= 11 is 0. The maximum absolute atomic E-state index is 10.7. The highest BCUT2D eigenvalue weighted by molar-refractivity contribution is 5.66. The molecule has 0 unspecified atom stereocenters. The Kier molecular flexibility index (Phi) is 16.7. The Labute approximate surface area is 107 Å². The van der Waals surface area contributed by atoms with Crippen molar-refractivity contribution in [3.63, 3.8) is 0 Å². The zero-order valence-electron chi connectivity index (χ0n) is 12.2. The van der Waals surface area contributed by atoms with Crippen molar-refractivity contribution >= 4 is 6.09 Å². The lowest BCUT2D eigenvalue weighted by Gasteiger charge is -2.26. The molecule has 1 saturated heterocycles. The van der Waals surface area contributed by atoms with E-state index in [1.54, 1.807) is 0 Å². The van der Waals surface area contributed by atoms with E-state index in [-0.39, 0.29) is 6.09 Å². The van der Waals surface area contributed by atoms with Crippen molar-refractivity contribution in [1.82, 2.24) is 10.2 Å². The zero-order valence-corrected chi connectivity index (χ0v) is 12.2. The number of likely N-dealkylation sites (tertiary alicyclic amines) is 1. The third-order valence-electron chi connectivity index (χ3n) is 2.33. The summed E-state index contributed by atoms with van der Waals surface area (Å²) in [7, 11) is 1.39. The Balaban J connectivity index is 0. The lowest BCUT2D eigenvalue weighted by Crippen LogP contribution is -2.37. The van der Waals surface area contributed by atoms with E-state index in [9.17, 15) is 4.79 Å². The minimum absolute atomic E-state index is 0.336. The van der Waals surface area contributed by atoms with Gasteiger partial charge in [0.15, 0.2) is 0 Å². The SMILES string of the molecule is CC.CC.COC(=O)NCCN1CCCCC1. The van der Waals surface area contributed by atoms with Crippen LogP contribution in [0, 0.1) is 0 Å². The third-order valence-corrected chi connectivity index (χ3v) is 2.33. The van der Waals surface area contributed by atoms with Gasteiger partial charge in [0.2, 0.25) is 0 Å². The molecule has 1 amide bonds. The van der Waals surface area contributed by atoms with Gasteiger partial charge in [-0.3, -0.25) is 0 Å². The number of nitrogens with zero attached hydrogens (tertiary/aromatic N) is 1. The molecular formula is C13H30N2O2. The molecule has 0 atom stereocenters. The van der Waals surface area contributed by atoms with Crippen molar-refractivity contribution in [2.24, 2.45) is 0 Å². The Morgan fingerprint density at radius 2 is 1.65 bits per heavy atom. The lowest BCUT2D eigenvalue weighted by atomic mass is 10.1. The van der Waals surface area contributed by atoms with Crippen molar-refractivity contribution < 1.29 is 9.53 Å². The number of hydrogen-bond donors (Lipinski definition) is 1. The quantitative estimate of drug-likeness (QED) is 0.832. The van der Waals surface area contributed by atoms with Crippen LogP contribution in [0.15, 0.2) is 0 Å². The fourth-order valence-corrected chi connectivity index (χ4v) is 1.57. The topological polar surface area (TPSA) is 41.6 Å². The number of rotatable bonds is 3. The number of nitrogens with one attached hydrogen (secondary N) is 1. The molecule has 0 saturated carbocycles. The van der Waals surface area contributed by atoms with Crippen LogP contribution in [0.3, 0.4) is 0 Å². The molecular weight excluding hydrogens is 216 g/mol. The monoisotopic (exact) mass is 246 g/mol. The molecule has 1 aliphatic heterocycles. The maximum Gasteiger partial charge on any atom is 0.406 e. The molecule has 1 aliphatic rings. The molecule has 1 heterocycles. The highest BCUT2D eigenvalue weighted by Gasteiger charge is 2.09. The second-order valence-electron chi connectivity index (χ2n) is 3.32. The predicted octanol–water partition coefficient (Wildman–Crippen LogP) is 2.88. The highest BCUT2D eigenvalue weighted by Crippen LogP contribution is 2.07. The molecule has 0 aromatic carbocycles. The maximum atomic E-state index is 10.7. The van der Waals surface area contributed by atoms with Crippen LogP contribution in [0.4, 0.5) is 4.79 Å². The van der Waals surface area contributed by atoms with E-state index in [4.69, 9.17) is 0 Å². The Morgan fingerprint density at radius 1 is 1.12 bits per heavy atom. The van der Waals surface area contributed by atoms with Gasteiger partial charge in [-0.25, -0.2) is 4.79 Å². The van der Waals surface area contributed by atoms with Crippen LogP contribution in [0.1, 0.15) is 47.0 Å². The van der Waals surface area contributed by atoms with Crippen LogP contribution < -0.4 is 5.32 Å². The summed E-state index contributed by atoms with van der Waals surface area (Å²) in [5.74, 6) is 0. The normalized spacial score (nSPS) is 14.6. The number of methoxy groups -OCH3 is 1. The summed E-state index contributed by atoms with van der Waals surface area (Å²) < 4.78 is 4.47. The summed E-state index contributed by atoms with van der Waals surface area (Å²) in [6.07, 6.45) is 3.59. The second-order valence-corrected chi connectivity index (χ2v) is 3.32. The average molecular weight is 246 g/mol. The first-order valence-electron chi connectivity index (χ1n) is 6.87. The van der Waals surface area contributed by atoms with Gasteiger partial charge >= 0.3 is 6.09 Å². The summed E-state index contributed by atoms with van der Waals surface area (Å²) in [6.45, 7) is 12.0. The van der Waals surface area contributed by atoms with Gasteiger partial charge in [-0.05, 0) is 25.9 Å². The van der Waals surface area contributed by atoms with Crippen LogP contribution in [-0.2, 0) is 4.74 Å². The minimum Gasteiger partial charge on any atom is -0.453 e. The van der Waals surface area contributed by atoms with Crippen LogP contribution in [0.25, 0.3) is 0 Å². The number of alkyl carbamates (subject to hydrolysis) is 1. The van der Waals surface area contributed by atoms with Gasteiger partial charge < -0.3 is 15.0 Å². The van der Waals surface area contributed by atoms with Crippen LogP contribution in [-0.4, -0.2) is 44.3 Å². The number of carbonyl (C=O) groups is 1. The fourth-order valence-electron chi connectivity index (χ4n) is 1.57. The zero-order chi connectivity index (χ0) is 13.5. The van der Waals surface area contributed by atoms with Gasteiger partial charge in [0, 0.05) is 13.1 Å². The van der Waals surface area contributed by atoms with E-state index in [1.807, 2.05) is 27.7 Å². The van der Waals surface area contributed by atoms with Crippen molar-refractivity contribution in [1.29, 1.82) is 0 Å². The van der Waals surface area contributed by atoms with Gasteiger partial charge in [-0.15, -0.1) is 0 Å². The van der Waals surface area contributed by atoms with Crippen LogP contribution in [0.5, 0.6) is 0 Å². The van der Waals surface area contributed by atoms with E-state index in [2.05, 4.69) is 15.0 Å². The van der Waals surface area contributed by atoms with Crippen molar-refractivity contribution in [2.45, 2.75) is 47.0 Å². The van der Waals surface area contributed by atoms with Crippen molar-refractivity contribution in [2.75, 3.05) is 33.3 Å². The molecule has 1 fully saturated rings. The number of hydrogen-bond acceptors (Lipinski definition) is 3. The fraction of sp³-hybridized carbons (Fsp3) is 0.923. The molecule has 1 N–H and O–H groups in total. The lowest BCUT2D eigenvalue weighted by molar-refractivity contribution is 0.166. The molecule has 0 spiro atoms. The van der Waals surface area contributed by atoms with E-state index in [0.717, 1.165) is 6.54 Å². The Morgan fingerprint density at radius 3 is 2.12 bits per heavy atom. The number of piperidine rings is 1. The highest BCUT2D eigenvalue weighted by atomic mass is 16.5. The minimum atomic E-state index is -0.336. The molecule has 1 rings (SSSR count). The van der Waals surface area contributed by atoms with E-state index < -0.39 is 0 Å². The van der Waals surface area contributed by atoms with Gasteiger partial charge in [-0.2, -0.15) is 0 Å². The van der Waals surface area contributed by atoms with E-state index >= 15 is 0 Å². The van der Waals surface area contributed by atoms with Gasteiger partial charge in [0.05, 0.1) is 7.11 Å². The predicted molar refractivity (Wildman–Crippen MR) is 73.4 cm³/mol. The Hall–Kier alpha value is -0.770. The molecule has 0 radical (unpaired) electrons. The molecule has 0 bridgehead atoms. The van der Waals surface area contributed by atoms with E-state index in [1.165, 1.54) is 39.5 Å². The van der Waals surface area contributed by atoms with Gasteiger partial charge in [0.25, 0.3) is 0 Å². The largest absolute Gasteiger partial charge is 0.453 e. The first-order valence-corrected chi connectivity index (χ1v) is 6.87. The van der Waals surface area contributed by atoms with Gasteiger partial charge in [-0.1, -0.05) is 34.1 Å². The van der Waals surface area contributed by atoms with Crippen LogP contribution >= 0.6 is 0 Å². The first-order chi connectivity index (χ1) is 8.33. The number of carbonyl (C=O) groups excluding carboxylic acids is 1. The molecule has 0 aliphatic carbocycles. The Bertz CT molecular complexity index is 157. The van der Waals surface area contributed by atoms with Crippen LogP contribution in [0.2, 0.25) is 0 Å². The molecule has 17 heavy (non-hydrogen) atoms. The summed E-state index contributed by atoms with van der Waals surface area (Å²) in [5.41, 5.74) is 0. The van der Waals surface area contributed by atoms with E-state index in [0.29, 0.717) is 6.54 Å². The molecule has 0 aromatic rings. The molecule has 104 valence electrons. The summed E-state index contributed by atoms with van der Waals surface area (Å²) in [6, 6.07) is 0. The molecule has 4 heteroatoms. The standard InChI is InChI=1S/C9H18N2O2.2C2H6/c1-13-9(12)10-5-8-11-6-3-2-4-7-11;2*1-2/h2-8H2,1H3,(H,10,12);2*1-2H3. The second kappa shape index (κ2) is 15.2. The molecule has 4 nitrogen and oxygen atoms in total. The van der Waals surface area contributed by atoms with Crippen molar-refractivity contribution in [3.05, 3.63) is 0 Å². The first kappa shape index (κ1) is 18.6. The smallest absolute Gasteiger partial charge is 0.406 e. The molecule has 0 aromatic heterocycles. The summed E-state index contributed by atoms with van der Waals surface area (Å²) in [4.78, 5) is 13.1. The number of amides is 1.